The number of ether oxygens (including phenoxy) is 1. The number of hydrogen-bond donors (Lipinski definition) is 1. The Morgan fingerprint density at radius 1 is 0.950 bits per heavy atom. The maximum absolute atomic E-state index is 14.1. The number of methoxy groups -OCH3 is 1. The third-order valence-electron chi connectivity index (χ3n) is 3.76. The Hall–Kier alpha value is -1.87. The van der Waals surface area contributed by atoms with E-state index in [1.165, 1.54) is 18.7 Å². The van der Waals surface area contributed by atoms with E-state index in [9.17, 15) is 4.39 Å². The second-order valence-corrected chi connectivity index (χ2v) is 5.16. The summed E-state index contributed by atoms with van der Waals surface area (Å²) in [5.41, 5.74) is 11.1. The zero-order valence-electron chi connectivity index (χ0n) is 12.3. The fourth-order valence-corrected chi connectivity index (χ4v) is 2.37. The lowest BCUT2D eigenvalue weighted by atomic mass is 9.92. The molecule has 1 atom stereocenters. The van der Waals surface area contributed by atoms with Crippen molar-refractivity contribution in [2.24, 2.45) is 5.73 Å². The Labute approximate surface area is 119 Å². The van der Waals surface area contributed by atoms with E-state index < -0.39 is 6.04 Å². The number of halogens is 1. The highest BCUT2D eigenvalue weighted by Gasteiger charge is 2.17. The first-order chi connectivity index (χ1) is 9.43. The van der Waals surface area contributed by atoms with Gasteiger partial charge in [0.1, 0.15) is 11.6 Å². The van der Waals surface area contributed by atoms with Gasteiger partial charge in [0.2, 0.25) is 0 Å². The van der Waals surface area contributed by atoms with Crippen LogP contribution in [0.15, 0.2) is 30.3 Å². The quantitative estimate of drug-likeness (QED) is 0.923. The van der Waals surface area contributed by atoms with Crippen molar-refractivity contribution in [1.29, 1.82) is 0 Å². The highest BCUT2D eigenvalue weighted by Crippen LogP contribution is 2.28. The molecule has 2 aromatic carbocycles. The minimum Gasteiger partial charge on any atom is -0.497 e. The Morgan fingerprint density at radius 3 is 2.20 bits per heavy atom. The SMILES string of the molecule is COc1ccc(C(N)c2cc(C)c(C)cc2C)c(F)c1. The monoisotopic (exact) mass is 273 g/mol. The Balaban J connectivity index is 2.46. The van der Waals surface area contributed by atoms with Crippen molar-refractivity contribution in [2.75, 3.05) is 7.11 Å². The molecule has 0 bridgehead atoms. The number of nitrogens with two attached hydrogens (primary N) is 1. The first-order valence-corrected chi connectivity index (χ1v) is 6.60. The summed E-state index contributed by atoms with van der Waals surface area (Å²) in [5.74, 6) is 0.157. The van der Waals surface area contributed by atoms with Gasteiger partial charge in [0, 0.05) is 11.6 Å². The van der Waals surface area contributed by atoms with Gasteiger partial charge in [-0.05, 0) is 49.1 Å². The molecule has 20 heavy (non-hydrogen) atoms. The number of rotatable bonds is 3. The van der Waals surface area contributed by atoms with Crippen LogP contribution < -0.4 is 10.5 Å². The molecule has 0 heterocycles. The summed E-state index contributed by atoms with van der Waals surface area (Å²) < 4.78 is 19.1. The molecule has 0 radical (unpaired) electrons. The van der Waals surface area contributed by atoms with Crippen molar-refractivity contribution >= 4 is 0 Å². The van der Waals surface area contributed by atoms with Crippen LogP contribution in [0, 0.1) is 26.6 Å². The van der Waals surface area contributed by atoms with Crippen LogP contribution in [0.25, 0.3) is 0 Å². The topological polar surface area (TPSA) is 35.2 Å². The van der Waals surface area contributed by atoms with E-state index in [0.29, 0.717) is 11.3 Å². The van der Waals surface area contributed by atoms with Crippen molar-refractivity contribution in [3.63, 3.8) is 0 Å². The summed E-state index contributed by atoms with van der Waals surface area (Å²) in [6, 6.07) is 8.44. The van der Waals surface area contributed by atoms with Crippen LogP contribution in [0.5, 0.6) is 5.75 Å². The average Bonchev–Trinajstić information content (AvgIpc) is 2.42. The predicted octanol–water partition coefficient (Wildman–Crippen LogP) is 3.81. The summed E-state index contributed by atoms with van der Waals surface area (Å²) in [4.78, 5) is 0. The fraction of sp³-hybridized carbons (Fsp3) is 0.294. The molecular weight excluding hydrogens is 253 g/mol. The lowest BCUT2D eigenvalue weighted by molar-refractivity contribution is 0.410. The van der Waals surface area contributed by atoms with Gasteiger partial charge in [-0.15, -0.1) is 0 Å². The van der Waals surface area contributed by atoms with E-state index >= 15 is 0 Å². The van der Waals surface area contributed by atoms with Gasteiger partial charge in [-0.2, -0.15) is 0 Å². The van der Waals surface area contributed by atoms with Gasteiger partial charge < -0.3 is 10.5 Å². The highest BCUT2D eigenvalue weighted by atomic mass is 19.1. The first kappa shape index (κ1) is 14.5. The summed E-state index contributed by atoms with van der Waals surface area (Å²) in [6.07, 6.45) is 0. The van der Waals surface area contributed by atoms with E-state index in [2.05, 4.69) is 13.0 Å². The second kappa shape index (κ2) is 5.63. The van der Waals surface area contributed by atoms with Crippen molar-refractivity contribution < 1.29 is 9.13 Å². The zero-order chi connectivity index (χ0) is 14.9. The normalized spacial score (nSPS) is 12.3. The maximum atomic E-state index is 14.1. The molecule has 1 unspecified atom stereocenters. The number of hydrogen-bond acceptors (Lipinski definition) is 2. The fourth-order valence-electron chi connectivity index (χ4n) is 2.37. The second-order valence-electron chi connectivity index (χ2n) is 5.16. The van der Waals surface area contributed by atoms with Gasteiger partial charge in [0.05, 0.1) is 13.2 Å². The van der Waals surface area contributed by atoms with E-state index in [1.54, 1.807) is 12.1 Å². The van der Waals surface area contributed by atoms with Crippen LogP contribution in [0.3, 0.4) is 0 Å². The average molecular weight is 273 g/mol. The molecule has 0 aromatic heterocycles. The minimum absolute atomic E-state index is 0.338. The lowest BCUT2D eigenvalue weighted by Crippen LogP contribution is -2.15. The Bertz CT molecular complexity index is 637. The smallest absolute Gasteiger partial charge is 0.132 e. The van der Waals surface area contributed by atoms with E-state index in [4.69, 9.17) is 10.5 Å². The molecule has 0 aliphatic rings. The summed E-state index contributed by atoms with van der Waals surface area (Å²) in [5, 5.41) is 0. The molecule has 0 aliphatic heterocycles. The molecule has 3 heteroatoms. The molecule has 2 nitrogen and oxygen atoms in total. The van der Waals surface area contributed by atoms with Gasteiger partial charge in [0.25, 0.3) is 0 Å². The predicted molar refractivity (Wildman–Crippen MR) is 79.6 cm³/mol. The molecule has 0 fully saturated rings. The Morgan fingerprint density at radius 2 is 1.60 bits per heavy atom. The molecule has 0 saturated heterocycles. The molecule has 2 N–H and O–H groups in total. The van der Waals surface area contributed by atoms with E-state index in [-0.39, 0.29) is 5.82 Å². The maximum Gasteiger partial charge on any atom is 0.132 e. The lowest BCUT2D eigenvalue weighted by Gasteiger charge is -2.18. The van der Waals surface area contributed by atoms with Gasteiger partial charge >= 0.3 is 0 Å². The van der Waals surface area contributed by atoms with Crippen LogP contribution in [0.1, 0.15) is 33.9 Å². The molecular formula is C17H20FNO. The molecule has 0 aliphatic carbocycles. The standard InChI is InChI=1S/C17H20FNO/c1-10-7-12(3)15(8-11(10)2)17(19)14-6-5-13(20-4)9-16(14)18/h5-9,17H,19H2,1-4H3. The molecule has 2 aromatic rings. The molecule has 0 spiro atoms. The zero-order valence-corrected chi connectivity index (χ0v) is 12.3. The summed E-state index contributed by atoms with van der Waals surface area (Å²) in [7, 11) is 1.52. The van der Waals surface area contributed by atoms with Crippen molar-refractivity contribution in [3.05, 3.63) is 64.0 Å². The largest absolute Gasteiger partial charge is 0.497 e. The van der Waals surface area contributed by atoms with Gasteiger partial charge in [-0.1, -0.05) is 18.2 Å². The number of aryl methyl sites for hydroxylation is 3. The minimum atomic E-state index is -0.472. The van der Waals surface area contributed by atoms with Crippen LogP contribution in [0.2, 0.25) is 0 Å². The third kappa shape index (κ3) is 2.68. The van der Waals surface area contributed by atoms with Gasteiger partial charge in [-0.25, -0.2) is 4.39 Å². The van der Waals surface area contributed by atoms with Crippen molar-refractivity contribution in [1.82, 2.24) is 0 Å². The van der Waals surface area contributed by atoms with E-state index in [0.717, 1.165) is 16.7 Å². The van der Waals surface area contributed by atoms with Gasteiger partial charge in [-0.3, -0.25) is 0 Å². The van der Waals surface area contributed by atoms with Crippen LogP contribution >= 0.6 is 0 Å². The van der Waals surface area contributed by atoms with E-state index in [1.807, 2.05) is 19.9 Å². The van der Waals surface area contributed by atoms with Crippen molar-refractivity contribution in [2.45, 2.75) is 26.8 Å². The number of benzene rings is 2. The Kier molecular flexibility index (Phi) is 4.09. The first-order valence-electron chi connectivity index (χ1n) is 6.60. The summed E-state index contributed by atoms with van der Waals surface area (Å²) in [6.45, 7) is 6.10. The highest BCUT2D eigenvalue weighted by molar-refractivity contribution is 5.43. The summed E-state index contributed by atoms with van der Waals surface area (Å²) >= 11 is 0. The molecule has 2 rings (SSSR count). The van der Waals surface area contributed by atoms with Crippen LogP contribution in [0.4, 0.5) is 4.39 Å². The van der Waals surface area contributed by atoms with Crippen LogP contribution in [-0.4, -0.2) is 7.11 Å². The van der Waals surface area contributed by atoms with Gasteiger partial charge in [0.15, 0.2) is 0 Å². The molecule has 0 saturated carbocycles. The molecule has 0 amide bonds. The molecule has 106 valence electrons. The third-order valence-corrected chi connectivity index (χ3v) is 3.76. The van der Waals surface area contributed by atoms with Crippen molar-refractivity contribution in [3.8, 4) is 5.75 Å². The van der Waals surface area contributed by atoms with Crippen LogP contribution in [-0.2, 0) is 0 Å².